The number of nitrogens with one attached hydrogen (secondary N) is 1. The number of rotatable bonds is 2. The van der Waals surface area contributed by atoms with Gasteiger partial charge in [-0.1, -0.05) is 27.7 Å². The molecule has 0 unspecified atom stereocenters. The second kappa shape index (κ2) is 3.67. The zero-order chi connectivity index (χ0) is 11.9. The van der Waals surface area contributed by atoms with Crippen LogP contribution < -0.4 is 11.1 Å². The fourth-order valence-electron chi connectivity index (χ4n) is 2.84. The lowest BCUT2D eigenvalue weighted by Gasteiger charge is -2.62. The second-order valence-electron chi connectivity index (χ2n) is 5.42. The molecule has 1 amide bonds. The first kappa shape index (κ1) is 12.3. The van der Waals surface area contributed by atoms with Gasteiger partial charge in [0.05, 0.1) is 6.61 Å². The fraction of sp³-hybridized carbons (Fsp3) is 0.909. The van der Waals surface area contributed by atoms with Gasteiger partial charge in [0.2, 0.25) is 0 Å². The van der Waals surface area contributed by atoms with E-state index >= 15 is 0 Å². The van der Waals surface area contributed by atoms with Crippen molar-refractivity contribution in [3.63, 3.8) is 0 Å². The Labute approximate surface area is 91.5 Å². The Kier molecular flexibility index (Phi) is 3.01. The summed E-state index contributed by atoms with van der Waals surface area (Å²) in [6.07, 6.45) is -0.351. The van der Waals surface area contributed by atoms with E-state index in [9.17, 15) is 4.79 Å². The third-order valence-corrected chi connectivity index (χ3v) is 3.63. The van der Waals surface area contributed by atoms with E-state index in [0.717, 1.165) is 0 Å². The molecule has 0 aromatic heterocycles. The van der Waals surface area contributed by atoms with Gasteiger partial charge in [-0.25, -0.2) is 4.79 Å². The molecule has 1 aliphatic rings. The van der Waals surface area contributed by atoms with Crippen LogP contribution in [0.1, 0.15) is 34.6 Å². The minimum absolute atomic E-state index is 0.0686. The molecule has 15 heavy (non-hydrogen) atoms. The summed E-state index contributed by atoms with van der Waals surface area (Å²) in [7, 11) is 0. The molecule has 1 aliphatic carbocycles. The standard InChI is InChI=1S/C11H22N2O2/c1-6-15-9(14)13-8-10(2,3)7(12)11(8,4)5/h7-8H,6,12H2,1-5H3,(H,13,14). The first-order valence-corrected chi connectivity index (χ1v) is 5.43. The van der Waals surface area contributed by atoms with Crippen molar-refractivity contribution in [3.8, 4) is 0 Å². The summed E-state index contributed by atoms with van der Waals surface area (Å²) in [5.74, 6) is 0. The number of alkyl carbamates (subject to hydrolysis) is 1. The molecule has 0 spiro atoms. The summed E-state index contributed by atoms with van der Waals surface area (Å²) < 4.78 is 4.88. The monoisotopic (exact) mass is 214 g/mol. The molecular formula is C11H22N2O2. The highest BCUT2D eigenvalue weighted by atomic mass is 16.5. The minimum Gasteiger partial charge on any atom is -0.450 e. The smallest absolute Gasteiger partial charge is 0.407 e. The zero-order valence-electron chi connectivity index (χ0n) is 10.3. The second-order valence-corrected chi connectivity index (χ2v) is 5.42. The lowest BCUT2D eigenvalue weighted by Crippen LogP contribution is -2.76. The van der Waals surface area contributed by atoms with Crippen LogP contribution in [0.15, 0.2) is 0 Å². The Morgan fingerprint density at radius 3 is 2.20 bits per heavy atom. The number of amides is 1. The average molecular weight is 214 g/mol. The van der Waals surface area contributed by atoms with Gasteiger partial charge in [0, 0.05) is 22.9 Å². The van der Waals surface area contributed by atoms with Crippen LogP contribution in [0.5, 0.6) is 0 Å². The maximum Gasteiger partial charge on any atom is 0.407 e. The van der Waals surface area contributed by atoms with E-state index in [2.05, 4.69) is 33.0 Å². The maximum atomic E-state index is 11.4. The number of ether oxygens (including phenoxy) is 1. The molecule has 4 nitrogen and oxygen atoms in total. The third-order valence-electron chi connectivity index (χ3n) is 3.63. The van der Waals surface area contributed by atoms with Crippen molar-refractivity contribution in [2.45, 2.75) is 46.7 Å². The fourth-order valence-corrected chi connectivity index (χ4v) is 2.84. The van der Waals surface area contributed by atoms with Crippen LogP contribution in [0, 0.1) is 10.8 Å². The normalized spacial score (nSPS) is 31.6. The van der Waals surface area contributed by atoms with Crippen molar-refractivity contribution in [2.24, 2.45) is 16.6 Å². The molecule has 0 aromatic rings. The highest BCUT2D eigenvalue weighted by Gasteiger charge is 2.60. The van der Waals surface area contributed by atoms with Crippen molar-refractivity contribution in [3.05, 3.63) is 0 Å². The highest BCUT2D eigenvalue weighted by Crippen LogP contribution is 2.52. The van der Waals surface area contributed by atoms with Gasteiger partial charge in [0.1, 0.15) is 0 Å². The lowest BCUT2D eigenvalue weighted by molar-refractivity contribution is -0.0686. The van der Waals surface area contributed by atoms with Crippen molar-refractivity contribution in [2.75, 3.05) is 6.61 Å². The Hall–Kier alpha value is -0.770. The quantitative estimate of drug-likeness (QED) is 0.732. The Balaban J connectivity index is 2.66. The number of carbonyl (C=O) groups excluding carboxylic acids is 1. The predicted octanol–water partition coefficient (Wildman–Crippen LogP) is 1.49. The van der Waals surface area contributed by atoms with Crippen LogP contribution in [-0.4, -0.2) is 24.8 Å². The zero-order valence-corrected chi connectivity index (χ0v) is 10.3. The molecule has 3 N–H and O–H groups in total. The maximum absolute atomic E-state index is 11.4. The molecule has 0 heterocycles. The van der Waals surface area contributed by atoms with Crippen molar-refractivity contribution < 1.29 is 9.53 Å². The lowest BCUT2D eigenvalue weighted by atomic mass is 9.48. The molecule has 0 aliphatic heterocycles. The van der Waals surface area contributed by atoms with Gasteiger partial charge in [0.25, 0.3) is 0 Å². The molecule has 0 radical (unpaired) electrons. The van der Waals surface area contributed by atoms with E-state index in [1.165, 1.54) is 0 Å². The SMILES string of the molecule is CCOC(=O)NC1C(C)(C)C(N)C1(C)C. The van der Waals surface area contributed by atoms with Crippen LogP contribution in [-0.2, 0) is 4.74 Å². The first-order chi connectivity index (χ1) is 6.74. The summed E-state index contributed by atoms with van der Waals surface area (Å²) in [5.41, 5.74) is 5.94. The first-order valence-electron chi connectivity index (χ1n) is 5.43. The molecule has 4 heteroatoms. The summed E-state index contributed by atoms with van der Waals surface area (Å²) >= 11 is 0. The molecule has 1 rings (SSSR count). The molecule has 0 aromatic carbocycles. The molecule has 0 saturated heterocycles. The Bertz CT molecular complexity index is 245. The summed E-state index contributed by atoms with van der Waals surface area (Å²) in [5, 5.41) is 2.89. The largest absolute Gasteiger partial charge is 0.450 e. The van der Waals surface area contributed by atoms with Gasteiger partial charge >= 0.3 is 6.09 Å². The predicted molar refractivity (Wildman–Crippen MR) is 59.5 cm³/mol. The van der Waals surface area contributed by atoms with E-state index in [-0.39, 0.29) is 29.0 Å². The number of hydrogen-bond donors (Lipinski definition) is 2. The average Bonchev–Trinajstić information content (AvgIpc) is 2.13. The number of carbonyl (C=O) groups is 1. The molecule has 0 atom stereocenters. The van der Waals surface area contributed by atoms with Gasteiger partial charge in [-0.2, -0.15) is 0 Å². The topological polar surface area (TPSA) is 64.3 Å². The van der Waals surface area contributed by atoms with Crippen molar-refractivity contribution >= 4 is 6.09 Å². The van der Waals surface area contributed by atoms with Gasteiger partial charge < -0.3 is 15.8 Å². The number of hydrogen-bond acceptors (Lipinski definition) is 3. The molecule has 1 fully saturated rings. The Morgan fingerprint density at radius 2 is 1.80 bits per heavy atom. The highest BCUT2D eigenvalue weighted by molar-refractivity contribution is 5.68. The van der Waals surface area contributed by atoms with Crippen LogP contribution in [0.2, 0.25) is 0 Å². The van der Waals surface area contributed by atoms with Gasteiger partial charge in [-0.15, -0.1) is 0 Å². The minimum atomic E-state index is -0.351. The van der Waals surface area contributed by atoms with Gasteiger partial charge in [-0.3, -0.25) is 0 Å². The van der Waals surface area contributed by atoms with Gasteiger partial charge in [-0.05, 0) is 6.92 Å². The summed E-state index contributed by atoms with van der Waals surface area (Å²) in [6, 6.07) is 0.163. The third kappa shape index (κ3) is 1.83. The molecular weight excluding hydrogens is 192 g/mol. The van der Waals surface area contributed by atoms with Crippen LogP contribution in [0.4, 0.5) is 4.79 Å². The van der Waals surface area contributed by atoms with Crippen LogP contribution in [0.25, 0.3) is 0 Å². The van der Waals surface area contributed by atoms with Crippen molar-refractivity contribution in [1.29, 1.82) is 0 Å². The van der Waals surface area contributed by atoms with Crippen LogP contribution >= 0.6 is 0 Å². The van der Waals surface area contributed by atoms with E-state index in [1.807, 2.05) is 0 Å². The molecule has 0 bridgehead atoms. The molecule has 1 saturated carbocycles. The Morgan fingerprint density at radius 1 is 1.33 bits per heavy atom. The molecule has 88 valence electrons. The number of nitrogens with two attached hydrogens (primary N) is 1. The van der Waals surface area contributed by atoms with E-state index in [0.29, 0.717) is 6.61 Å². The van der Waals surface area contributed by atoms with E-state index < -0.39 is 0 Å². The summed E-state index contributed by atoms with van der Waals surface area (Å²) in [4.78, 5) is 11.4. The summed E-state index contributed by atoms with van der Waals surface area (Å²) in [6.45, 7) is 10.5. The van der Waals surface area contributed by atoms with Crippen LogP contribution in [0.3, 0.4) is 0 Å². The van der Waals surface area contributed by atoms with Crippen molar-refractivity contribution in [1.82, 2.24) is 5.32 Å². The van der Waals surface area contributed by atoms with Gasteiger partial charge in [0.15, 0.2) is 0 Å². The van der Waals surface area contributed by atoms with E-state index in [1.54, 1.807) is 6.92 Å². The van der Waals surface area contributed by atoms with E-state index in [4.69, 9.17) is 10.5 Å².